The number of hydrogen-bond acceptors (Lipinski definition) is 3. The topological polar surface area (TPSA) is 38.4 Å². The van der Waals surface area contributed by atoms with Crippen molar-refractivity contribution < 1.29 is 25.5 Å². The van der Waals surface area contributed by atoms with Gasteiger partial charge < -0.3 is 13.9 Å². The van der Waals surface area contributed by atoms with Crippen molar-refractivity contribution in [2.24, 2.45) is 0 Å². The average molecular weight is 893 g/mol. The van der Waals surface area contributed by atoms with Crippen molar-refractivity contribution in [3.63, 3.8) is 0 Å². The molecule has 7 heteroatoms. The number of rotatable bonds is 4. The first-order valence-electron chi connectivity index (χ1n) is 18.2. The zero-order valence-electron chi connectivity index (χ0n) is 29.9. The van der Waals surface area contributed by atoms with Gasteiger partial charge in [-0.1, -0.05) is 96.5 Å². The summed E-state index contributed by atoms with van der Waals surface area (Å²) in [6, 6.07) is 52.6. The number of halogens is 1. The summed E-state index contributed by atoms with van der Waals surface area (Å²) in [6.45, 7) is 4.52. The van der Waals surface area contributed by atoms with E-state index in [4.69, 9.17) is 4.98 Å². The number of anilines is 3. The Balaban J connectivity index is 0.00000372. The molecule has 0 aliphatic carbocycles. The Morgan fingerprint density at radius 1 is 0.618 bits per heavy atom. The summed E-state index contributed by atoms with van der Waals surface area (Å²) in [6.07, 6.45) is 4.09. The van der Waals surface area contributed by atoms with Crippen LogP contribution in [0.25, 0.3) is 54.8 Å². The van der Waals surface area contributed by atoms with Gasteiger partial charge in [-0.2, -0.15) is 18.2 Å². The number of nitrogens with zero attached hydrogens (tertiary/aromatic N) is 5. The van der Waals surface area contributed by atoms with E-state index in [2.05, 4.69) is 125 Å². The number of aromatic nitrogens is 4. The molecule has 0 amide bonds. The van der Waals surface area contributed by atoms with Crippen molar-refractivity contribution in [2.45, 2.75) is 25.4 Å². The van der Waals surface area contributed by atoms with Crippen LogP contribution in [0, 0.1) is 12.1 Å². The molecule has 0 spiro atoms. The summed E-state index contributed by atoms with van der Waals surface area (Å²) < 4.78 is 21.3. The van der Waals surface area contributed by atoms with Crippen LogP contribution in [-0.4, -0.2) is 18.9 Å². The van der Waals surface area contributed by atoms with E-state index in [0.29, 0.717) is 11.1 Å². The third kappa shape index (κ3) is 4.87. The summed E-state index contributed by atoms with van der Waals surface area (Å²) in [4.78, 5) is 11.8. The largest absolute Gasteiger partial charge is 2.00 e. The van der Waals surface area contributed by atoms with Crippen LogP contribution in [0.15, 0.2) is 152 Å². The molecular formula is C48H32FN5Pt. The molecule has 55 heavy (non-hydrogen) atoms. The van der Waals surface area contributed by atoms with Crippen LogP contribution in [0.4, 0.5) is 21.6 Å². The van der Waals surface area contributed by atoms with E-state index < -0.39 is 6.17 Å². The Hall–Kier alpha value is -6.10. The molecular weight excluding hydrogens is 861 g/mol. The molecule has 1 aliphatic rings. The number of imidazole rings is 1. The van der Waals surface area contributed by atoms with Crippen LogP contribution in [0.5, 0.6) is 0 Å². The summed E-state index contributed by atoms with van der Waals surface area (Å²) in [5, 5.41) is 5.16. The molecule has 1 aliphatic heterocycles. The predicted octanol–water partition coefficient (Wildman–Crippen LogP) is 11.9. The Morgan fingerprint density at radius 2 is 1.36 bits per heavy atom. The molecule has 6 aromatic carbocycles. The second-order valence-corrected chi connectivity index (χ2v) is 14.6. The smallest absolute Gasteiger partial charge is 0.340 e. The van der Waals surface area contributed by atoms with Crippen LogP contribution in [0.3, 0.4) is 0 Å². The van der Waals surface area contributed by atoms with Gasteiger partial charge in [-0.15, -0.1) is 29.8 Å². The van der Waals surface area contributed by atoms with Crippen LogP contribution < -0.4 is 4.90 Å². The maximum atomic E-state index is 16.9. The minimum atomic E-state index is -1.47. The van der Waals surface area contributed by atoms with Gasteiger partial charge in [0.2, 0.25) is 0 Å². The van der Waals surface area contributed by atoms with Gasteiger partial charge in [0.15, 0.2) is 0 Å². The van der Waals surface area contributed by atoms with Gasteiger partial charge in [0.25, 0.3) is 0 Å². The number of fused-ring (bicyclic) bond motifs is 11. The number of hydrogen-bond donors (Lipinski definition) is 0. The summed E-state index contributed by atoms with van der Waals surface area (Å²) in [7, 11) is 0. The summed E-state index contributed by atoms with van der Waals surface area (Å²) in [5.74, 6) is 0.816. The molecule has 0 saturated carbocycles. The van der Waals surface area contributed by atoms with Crippen molar-refractivity contribution >= 4 is 66.3 Å². The standard InChI is InChI=1S/C48H32FN5.Pt/c1-48(2)39-18-11-23-50-47(39)54(44-28-37-36-17-7-9-20-42(36)53(43(37)29-40(44)48)32-13-4-3-5-14-32)33-15-10-12-30(26-33)45(49)31-21-22-34-35-16-6-8-19-41(35)52-25-24-51-46(52)38(34)27-31;/h3-25,28-29,45H,1-2H3;/q-2;+2. The molecule has 1 unspecified atom stereocenters. The second-order valence-electron chi connectivity index (χ2n) is 14.6. The van der Waals surface area contributed by atoms with Crippen LogP contribution >= 0.6 is 0 Å². The normalized spacial score (nSPS) is 14.0. The van der Waals surface area contributed by atoms with Gasteiger partial charge in [0.1, 0.15) is 12.0 Å². The van der Waals surface area contributed by atoms with E-state index in [1.807, 2.05) is 65.3 Å². The molecule has 1 atom stereocenters. The maximum Gasteiger partial charge on any atom is 2.00 e. The third-order valence-corrected chi connectivity index (χ3v) is 11.3. The monoisotopic (exact) mass is 892 g/mol. The number of pyridine rings is 2. The first-order valence-corrected chi connectivity index (χ1v) is 18.2. The van der Waals surface area contributed by atoms with Gasteiger partial charge in [0.05, 0.1) is 22.4 Å². The first-order chi connectivity index (χ1) is 26.5. The van der Waals surface area contributed by atoms with E-state index in [1.54, 1.807) is 6.20 Å². The molecule has 266 valence electrons. The van der Waals surface area contributed by atoms with Gasteiger partial charge in [-0.25, -0.2) is 9.37 Å². The predicted molar refractivity (Wildman–Crippen MR) is 216 cm³/mol. The minimum absolute atomic E-state index is 0. The number of benzene rings is 6. The van der Waals surface area contributed by atoms with Crippen molar-refractivity contribution in [3.8, 4) is 5.69 Å². The fraction of sp³-hybridized carbons (Fsp3) is 0.0833. The first kappa shape index (κ1) is 33.5. The van der Waals surface area contributed by atoms with Crippen molar-refractivity contribution in [1.82, 2.24) is 18.9 Å². The Bertz CT molecular complexity index is 3130. The zero-order valence-corrected chi connectivity index (χ0v) is 32.2. The molecule has 0 fully saturated rings. The maximum absolute atomic E-state index is 16.9. The molecule has 10 aromatic rings. The molecule has 0 bridgehead atoms. The van der Waals surface area contributed by atoms with Crippen molar-refractivity contribution in [1.29, 1.82) is 0 Å². The molecule has 5 heterocycles. The fourth-order valence-electron chi connectivity index (χ4n) is 8.68. The Kier molecular flexibility index (Phi) is 7.59. The second kappa shape index (κ2) is 12.5. The van der Waals surface area contributed by atoms with Gasteiger partial charge >= 0.3 is 21.1 Å². The summed E-state index contributed by atoms with van der Waals surface area (Å²) in [5.41, 5.74) is 9.66. The van der Waals surface area contributed by atoms with Gasteiger partial charge in [-0.05, 0) is 53.4 Å². The number of para-hydroxylation sites is 3. The Labute approximate surface area is 331 Å². The van der Waals surface area contributed by atoms with Gasteiger partial charge in [-0.3, -0.25) is 4.98 Å². The van der Waals surface area contributed by atoms with Crippen molar-refractivity contribution in [3.05, 3.63) is 186 Å². The molecule has 11 rings (SSSR count). The van der Waals surface area contributed by atoms with Crippen LogP contribution in [-0.2, 0) is 26.5 Å². The van der Waals surface area contributed by atoms with E-state index >= 15 is 4.39 Å². The van der Waals surface area contributed by atoms with Crippen LogP contribution in [0.1, 0.15) is 42.3 Å². The van der Waals surface area contributed by atoms with E-state index in [1.165, 1.54) is 0 Å². The number of alkyl halides is 1. The van der Waals surface area contributed by atoms with Crippen LogP contribution in [0.2, 0.25) is 0 Å². The summed E-state index contributed by atoms with van der Waals surface area (Å²) >= 11 is 0. The zero-order chi connectivity index (χ0) is 36.1. The molecule has 0 saturated heterocycles. The van der Waals surface area contributed by atoms with Gasteiger partial charge in [0, 0.05) is 51.5 Å². The average Bonchev–Trinajstić information content (AvgIpc) is 3.84. The minimum Gasteiger partial charge on any atom is -0.340 e. The molecule has 0 N–H and O–H groups in total. The molecule has 0 radical (unpaired) electrons. The third-order valence-electron chi connectivity index (χ3n) is 11.3. The molecule has 4 aromatic heterocycles. The van der Waals surface area contributed by atoms with Crippen molar-refractivity contribution in [2.75, 3.05) is 4.90 Å². The SMILES string of the molecule is CC1(C)c2cc3c(cc2N(c2[c-]c(C(F)c4[c-]c5c(cc4)c4ccccc4n4ccnc54)ccc2)c2ncccc21)c1ccccc1n3-c1ccccc1.[Pt+2]. The molecule has 5 nitrogen and oxygen atoms in total. The fourth-order valence-corrected chi connectivity index (χ4v) is 8.68. The van der Waals surface area contributed by atoms with E-state index in [0.717, 1.165) is 83.1 Å². The van der Waals surface area contributed by atoms with E-state index in [-0.39, 0.29) is 26.5 Å². The Morgan fingerprint density at radius 3 is 2.20 bits per heavy atom. The quantitative estimate of drug-likeness (QED) is 0.131. The van der Waals surface area contributed by atoms with E-state index in [9.17, 15) is 0 Å².